The Morgan fingerprint density at radius 1 is 0.962 bits per heavy atom. The third-order valence-electron chi connectivity index (χ3n) is 6.09. The first-order valence-electron chi connectivity index (χ1n) is 9.08. The molecule has 0 atom stereocenters. The van der Waals surface area contributed by atoms with E-state index < -0.39 is 17.4 Å². The van der Waals surface area contributed by atoms with Gasteiger partial charge in [0.25, 0.3) is 0 Å². The van der Waals surface area contributed by atoms with Gasteiger partial charge in [0.15, 0.2) is 0 Å². The van der Waals surface area contributed by atoms with Crippen molar-refractivity contribution in [2.45, 2.75) is 35.4 Å². The fraction of sp³-hybridized carbons (Fsp3) is 0.273. The van der Waals surface area contributed by atoms with Crippen LogP contribution in [0.15, 0.2) is 63.5 Å². The van der Waals surface area contributed by atoms with Crippen LogP contribution in [0.3, 0.4) is 0 Å². The van der Waals surface area contributed by atoms with Crippen LogP contribution in [0.1, 0.15) is 30.9 Å². The minimum absolute atomic E-state index is 0. The molecule has 0 bridgehead atoms. The summed E-state index contributed by atoms with van der Waals surface area (Å²) in [5.41, 5.74) is 7.69. The van der Waals surface area contributed by atoms with Gasteiger partial charge in [-0.1, -0.05) is 0 Å². The molecule has 0 fully saturated rings. The van der Waals surface area contributed by atoms with E-state index in [-0.39, 0.29) is 24.8 Å². The largest absolute Gasteiger partial charge is 0.147 e. The van der Waals surface area contributed by atoms with Gasteiger partial charge in [-0.05, 0) is 0 Å². The summed E-state index contributed by atoms with van der Waals surface area (Å²) in [4.78, 5) is 0. The Bertz CT molecular complexity index is 979. The first kappa shape index (κ1) is 21.9. The van der Waals surface area contributed by atoms with Crippen molar-refractivity contribution in [3.05, 3.63) is 74.6 Å². The van der Waals surface area contributed by atoms with Crippen LogP contribution in [0.25, 0.3) is 11.1 Å². The van der Waals surface area contributed by atoms with Gasteiger partial charge in [0.2, 0.25) is 0 Å². The molecular weight excluding hydrogens is 454 g/mol. The van der Waals surface area contributed by atoms with E-state index in [9.17, 15) is 0 Å². The Morgan fingerprint density at radius 3 is 2.38 bits per heavy atom. The van der Waals surface area contributed by atoms with Crippen molar-refractivity contribution >= 4 is 35.0 Å². The molecule has 0 radical (unpaired) electrons. The molecule has 0 saturated carbocycles. The number of hydrogen-bond acceptors (Lipinski definition) is 0. The summed E-state index contributed by atoms with van der Waals surface area (Å²) in [7, 11) is 0. The molecule has 0 nitrogen and oxygen atoms in total. The van der Waals surface area contributed by atoms with Gasteiger partial charge in [0.1, 0.15) is 0 Å². The molecule has 138 valence electrons. The van der Waals surface area contributed by atoms with Gasteiger partial charge < -0.3 is 0 Å². The fourth-order valence-electron chi connectivity index (χ4n) is 4.80. The number of fused-ring (bicyclic) bond motifs is 3. The summed E-state index contributed by atoms with van der Waals surface area (Å²) >= 11 is -3.13. The van der Waals surface area contributed by atoms with Crippen LogP contribution in [-0.4, -0.2) is 6.88 Å². The van der Waals surface area contributed by atoms with Crippen molar-refractivity contribution in [1.29, 1.82) is 0 Å². The Labute approximate surface area is 172 Å². The summed E-state index contributed by atoms with van der Waals surface area (Å²) in [6.45, 7) is 4.68. The Kier molecular flexibility index (Phi) is 6.36. The summed E-state index contributed by atoms with van der Waals surface area (Å²) in [6.07, 6.45) is 8.25. The topological polar surface area (TPSA) is 0 Å². The van der Waals surface area contributed by atoms with Crippen molar-refractivity contribution < 1.29 is 17.4 Å². The van der Waals surface area contributed by atoms with Gasteiger partial charge in [-0.2, -0.15) is 0 Å². The molecule has 0 aromatic heterocycles. The second kappa shape index (κ2) is 7.55. The van der Waals surface area contributed by atoms with Gasteiger partial charge >= 0.3 is 149 Å². The molecule has 2 aliphatic carbocycles. The molecule has 4 heteroatoms. The summed E-state index contributed by atoms with van der Waals surface area (Å²) in [5.74, 6) is 0. The molecule has 26 heavy (non-hydrogen) atoms. The molecule has 4 rings (SSSR count). The molecule has 0 heterocycles. The Hall–Kier alpha value is -0.400. The van der Waals surface area contributed by atoms with Crippen molar-refractivity contribution in [2.75, 3.05) is 0 Å². The molecule has 2 aliphatic rings. The van der Waals surface area contributed by atoms with Crippen molar-refractivity contribution in [3.63, 3.8) is 0 Å². The van der Waals surface area contributed by atoms with Crippen LogP contribution >= 0.6 is 24.8 Å². The zero-order chi connectivity index (χ0) is 17.0. The predicted molar refractivity (Wildman–Crippen MR) is 120 cm³/mol. The molecule has 0 amide bonds. The molecule has 2 aromatic carbocycles. The minimum Gasteiger partial charge on any atom is -0.147 e. The van der Waals surface area contributed by atoms with Crippen molar-refractivity contribution in [2.24, 2.45) is 0 Å². The second-order valence-corrected chi connectivity index (χ2v) is 36.9. The maximum atomic E-state index is 2.65. The van der Waals surface area contributed by atoms with Crippen LogP contribution in [0.4, 0.5) is 0 Å². The van der Waals surface area contributed by atoms with Gasteiger partial charge in [-0.25, -0.2) is 0 Å². The molecule has 0 aliphatic heterocycles. The van der Waals surface area contributed by atoms with E-state index in [2.05, 4.69) is 77.7 Å². The smallest absolute Gasteiger partial charge is 0.147 e. The first-order valence-corrected chi connectivity index (χ1v) is 22.4. The summed E-state index contributed by atoms with van der Waals surface area (Å²) in [6, 6.07) is 16.1. The van der Waals surface area contributed by atoms with E-state index in [0.717, 1.165) is 6.42 Å². The Morgan fingerprint density at radius 2 is 1.65 bits per heavy atom. The second-order valence-electron chi connectivity index (χ2n) is 8.32. The number of benzene rings is 2. The summed E-state index contributed by atoms with van der Waals surface area (Å²) in [5, 5.41) is 0. The van der Waals surface area contributed by atoms with Gasteiger partial charge in [-0.3, -0.25) is 0 Å². The normalized spacial score (nSPS) is 15.2. The average Bonchev–Trinajstić information content (AvgIpc) is 3.19. The number of rotatable bonds is 3. The van der Waals surface area contributed by atoms with E-state index in [0.29, 0.717) is 0 Å². The average molecular weight is 483 g/mol. The first-order chi connectivity index (χ1) is 11.4. The maximum Gasteiger partial charge on any atom is -0.147 e. The van der Waals surface area contributed by atoms with Crippen LogP contribution in [0.5, 0.6) is 0 Å². The molecule has 0 spiro atoms. The van der Waals surface area contributed by atoms with Crippen LogP contribution < -0.4 is 3.27 Å². The zero-order valence-corrected chi connectivity index (χ0v) is 21.3. The van der Waals surface area contributed by atoms with Crippen LogP contribution in [-0.2, 0) is 23.8 Å². The van der Waals surface area contributed by atoms with Gasteiger partial charge in [0, 0.05) is 0 Å². The third-order valence-corrected chi connectivity index (χ3v) is 22.3. The molecule has 0 unspecified atom stereocenters. The van der Waals surface area contributed by atoms with Crippen molar-refractivity contribution in [1.82, 2.24) is 0 Å². The van der Waals surface area contributed by atoms with E-state index in [4.69, 9.17) is 0 Å². The minimum atomic E-state index is -3.13. The van der Waals surface area contributed by atoms with E-state index in [1.54, 1.807) is 14.4 Å². The number of hydrogen-bond donors (Lipinski definition) is 0. The summed E-state index contributed by atoms with van der Waals surface area (Å²) < 4.78 is 8.82. The van der Waals surface area contributed by atoms with Gasteiger partial charge in [-0.15, -0.1) is 24.8 Å². The monoisotopic (exact) mass is 480 g/mol. The fourth-order valence-corrected chi connectivity index (χ4v) is 19.3. The zero-order valence-electron chi connectivity index (χ0n) is 15.8. The van der Waals surface area contributed by atoms with Gasteiger partial charge in [0.05, 0.1) is 0 Å². The molecule has 2 aromatic rings. The van der Waals surface area contributed by atoms with E-state index in [1.165, 1.54) is 29.5 Å². The van der Waals surface area contributed by atoms with E-state index >= 15 is 0 Å². The molecule has 0 saturated heterocycles. The van der Waals surface area contributed by atoms with Crippen LogP contribution in [0, 0.1) is 0 Å². The molecule has 0 N–H and O–H groups in total. The SMILES string of the molecule is CCC1=[C]([Zr]([CH3])([CH3])(=[SiH2])[c]2cccc3c2Cc2ccccc2-3)CC=C1.Cl.Cl. The third kappa shape index (κ3) is 3.28. The maximum absolute atomic E-state index is 3.13. The molecular formula is C22H28Cl2SiZr. The number of halogens is 2. The Balaban J connectivity index is 0.00000121. The van der Waals surface area contributed by atoms with Crippen LogP contribution in [0.2, 0.25) is 9.26 Å². The quantitative estimate of drug-likeness (QED) is 0.421. The van der Waals surface area contributed by atoms with Crippen molar-refractivity contribution in [3.8, 4) is 11.1 Å². The standard InChI is InChI=1S/C13H9.C7H9.2CH3.2ClH.H2Si.Zr/c1-3-7-12-10(5-1)9-11-6-2-4-8-13(11)12;1-2-7-5-3-4-6-7;;;;;;/h1-5,7-8H,9H2;3,5H,2,4H2,1H3;2*1H3;2*1H;1H2;. The van der Waals surface area contributed by atoms with E-state index in [1.807, 2.05) is 3.28 Å². The predicted octanol–water partition coefficient (Wildman–Crippen LogP) is 5.68. The number of allylic oxidation sites excluding steroid dienone is 4.